The van der Waals surface area contributed by atoms with Gasteiger partial charge in [-0.2, -0.15) is 0 Å². The van der Waals surface area contributed by atoms with Gasteiger partial charge in [0.25, 0.3) is 0 Å². The summed E-state index contributed by atoms with van der Waals surface area (Å²) in [5.41, 5.74) is -0.144. The topological polar surface area (TPSA) is 0 Å². The minimum Gasteiger partial charge on any atom is -0.204 e. The maximum atomic E-state index is 13.7. The molecule has 0 atom stereocenters. The Bertz CT molecular complexity index is 643. The lowest BCUT2D eigenvalue weighted by molar-refractivity contribution is 0.158. The SMILES string of the molecule is [2H]C1([2H])CC(C2CCC(CC)CC2)CC([2H])([2H])C1c1cc(F)c(F)c(F)c1. The Morgan fingerprint density at radius 2 is 1.43 bits per heavy atom. The molecule has 0 N–H and O–H groups in total. The maximum Gasteiger partial charge on any atom is 0.194 e. The van der Waals surface area contributed by atoms with Gasteiger partial charge in [0, 0.05) is 5.48 Å². The molecule has 2 aliphatic carbocycles. The fourth-order valence-corrected chi connectivity index (χ4v) is 4.06. The normalized spacial score (nSPS) is 39.0. The Hall–Kier alpha value is -0.990. The highest BCUT2D eigenvalue weighted by Crippen LogP contribution is 2.44. The zero-order valence-electron chi connectivity index (χ0n) is 17.5. The van der Waals surface area contributed by atoms with Crippen LogP contribution in [0.5, 0.6) is 0 Å². The summed E-state index contributed by atoms with van der Waals surface area (Å²) in [6.07, 6.45) is 1.74. The Morgan fingerprint density at radius 3 is 1.96 bits per heavy atom. The van der Waals surface area contributed by atoms with E-state index in [1.54, 1.807) is 0 Å². The lowest BCUT2D eigenvalue weighted by Crippen LogP contribution is -2.25. The molecule has 128 valence electrons. The van der Waals surface area contributed by atoms with E-state index < -0.39 is 36.1 Å². The van der Waals surface area contributed by atoms with Crippen LogP contribution in [0.15, 0.2) is 12.1 Å². The third-order valence-corrected chi connectivity index (χ3v) is 5.64. The summed E-state index contributed by atoms with van der Waals surface area (Å²) in [5.74, 6) is -4.83. The van der Waals surface area contributed by atoms with Crippen LogP contribution in [0.2, 0.25) is 0 Å². The lowest BCUT2D eigenvalue weighted by atomic mass is 9.68. The number of benzene rings is 1. The van der Waals surface area contributed by atoms with Gasteiger partial charge < -0.3 is 0 Å². The van der Waals surface area contributed by atoms with Crippen molar-refractivity contribution in [3.63, 3.8) is 0 Å². The molecule has 0 saturated heterocycles. The Kier molecular flexibility index (Phi) is 3.92. The van der Waals surface area contributed by atoms with Gasteiger partial charge in [0.05, 0.1) is 0 Å². The summed E-state index contributed by atoms with van der Waals surface area (Å²) in [7, 11) is 0. The van der Waals surface area contributed by atoms with Crippen LogP contribution in [0, 0.1) is 35.2 Å². The number of halogens is 3. The minimum atomic E-state index is -1.95. The number of hydrogen-bond donors (Lipinski definition) is 0. The van der Waals surface area contributed by atoms with Gasteiger partial charge in [-0.15, -0.1) is 0 Å². The third kappa shape index (κ3) is 3.75. The average molecular weight is 328 g/mol. The molecule has 0 nitrogen and oxygen atoms in total. The quantitative estimate of drug-likeness (QED) is 0.549. The van der Waals surface area contributed by atoms with Gasteiger partial charge in [0.2, 0.25) is 0 Å². The first kappa shape index (κ1) is 12.4. The second-order valence-corrected chi connectivity index (χ2v) is 7.00. The van der Waals surface area contributed by atoms with Crippen molar-refractivity contribution in [2.45, 2.75) is 70.5 Å². The number of hydrogen-bond acceptors (Lipinski definition) is 0. The maximum absolute atomic E-state index is 13.7. The zero-order chi connectivity index (χ0) is 20.0. The Balaban J connectivity index is 1.85. The summed E-state index contributed by atoms with van der Waals surface area (Å²) < 4.78 is 74.6. The summed E-state index contributed by atoms with van der Waals surface area (Å²) in [5, 5.41) is 0. The second-order valence-electron chi connectivity index (χ2n) is 7.00. The lowest BCUT2D eigenvalue weighted by Gasteiger charge is -2.38. The van der Waals surface area contributed by atoms with Crippen molar-refractivity contribution in [1.82, 2.24) is 0 Å². The fourth-order valence-electron chi connectivity index (χ4n) is 4.06. The van der Waals surface area contributed by atoms with Gasteiger partial charge in [0.15, 0.2) is 17.5 Å². The van der Waals surface area contributed by atoms with Crippen LogP contribution in [0.4, 0.5) is 13.2 Å². The predicted molar refractivity (Wildman–Crippen MR) is 86.8 cm³/mol. The first-order valence-corrected chi connectivity index (χ1v) is 8.69. The molecule has 2 fully saturated rings. The first-order chi connectivity index (χ1) is 12.5. The van der Waals surface area contributed by atoms with Gasteiger partial charge in [0.1, 0.15) is 0 Å². The molecule has 0 aromatic heterocycles. The largest absolute Gasteiger partial charge is 0.204 e. The molecule has 23 heavy (non-hydrogen) atoms. The summed E-state index contributed by atoms with van der Waals surface area (Å²) in [6, 6.07) is 1.48. The molecular formula is C20H27F3. The van der Waals surface area contributed by atoms with Crippen molar-refractivity contribution in [2.75, 3.05) is 0 Å². The van der Waals surface area contributed by atoms with Crippen LogP contribution >= 0.6 is 0 Å². The van der Waals surface area contributed by atoms with Crippen molar-refractivity contribution in [3.05, 3.63) is 35.1 Å². The molecular weight excluding hydrogens is 297 g/mol. The average Bonchev–Trinajstić information content (AvgIpc) is 2.57. The molecule has 0 unspecified atom stereocenters. The molecule has 1 aromatic carbocycles. The molecule has 0 amide bonds. The van der Waals surface area contributed by atoms with Crippen LogP contribution in [0.3, 0.4) is 0 Å². The van der Waals surface area contributed by atoms with Crippen LogP contribution in [-0.2, 0) is 0 Å². The van der Waals surface area contributed by atoms with Crippen molar-refractivity contribution in [1.29, 1.82) is 0 Å². The van der Waals surface area contributed by atoms with Gasteiger partial charge in [-0.1, -0.05) is 26.2 Å². The molecule has 2 saturated carbocycles. The summed E-state index contributed by atoms with van der Waals surface area (Å²) >= 11 is 0. The molecule has 0 radical (unpaired) electrons. The van der Waals surface area contributed by atoms with E-state index in [1.807, 2.05) is 0 Å². The van der Waals surface area contributed by atoms with E-state index in [2.05, 4.69) is 6.92 Å². The summed E-state index contributed by atoms with van der Waals surface area (Å²) in [6.45, 7) is 2.18. The van der Waals surface area contributed by atoms with Gasteiger partial charge in [-0.05, 0) is 79.8 Å². The minimum absolute atomic E-state index is 0.0841. The van der Waals surface area contributed by atoms with Gasteiger partial charge in [-0.3, -0.25) is 0 Å². The monoisotopic (exact) mass is 328 g/mol. The zero-order valence-corrected chi connectivity index (χ0v) is 13.5. The molecule has 0 heterocycles. The van der Waals surface area contributed by atoms with Crippen molar-refractivity contribution >= 4 is 0 Å². The Labute approximate surface area is 143 Å². The van der Waals surface area contributed by atoms with Crippen LogP contribution in [-0.4, -0.2) is 0 Å². The van der Waals surface area contributed by atoms with E-state index in [0.717, 1.165) is 44.2 Å². The molecule has 0 spiro atoms. The number of rotatable bonds is 3. The Morgan fingerprint density at radius 1 is 0.913 bits per heavy atom. The van der Waals surface area contributed by atoms with E-state index in [4.69, 9.17) is 5.48 Å². The van der Waals surface area contributed by atoms with Gasteiger partial charge >= 0.3 is 0 Å². The van der Waals surface area contributed by atoms with E-state index in [9.17, 15) is 13.2 Å². The van der Waals surface area contributed by atoms with E-state index in [0.29, 0.717) is 11.8 Å². The van der Waals surface area contributed by atoms with E-state index >= 15 is 0 Å². The molecule has 3 rings (SSSR count). The second kappa shape index (κ2) is 7.27. The van der Waals surface area contributed by atoms with E-state index in [-0.39, 0.29) is 24.3 Å². The molecule has 3 heteroatoms. The standard InChI is InChI=1S/C20H27F3/c1-2-13-3-5-14(6-4-13)15-7-9-16(10-8-15)17-11-18(21)20(23)19(22)12-17/h11-16H,2-10H2,1H3/i9D2,10D2. The summed E-state index contributed by atoms with van der Waals surface area (Å²) in [4.78, 5) is 0. The van der Waals surface area contributed by atoms with E-state index in [1.165, 1.54) is 0 Å². The highest BCUT2D eigenvalue weighted by molar-refractivity contribution is 5.23. The molecule has 2 aliphatic rings. The first-order valence-electron chi connectivity index (χ1n) is 10.7. The molecule has 0 aliphatic heterocycles. The van der Waals surface area contributed by atoms with Crippen LogP contribution in [0.1, 0.15) is 81.6 Å². The predicted octanol–water partition coefficient (Wildman–Crippen LogP) is 6.59. The van der Waals surface area contributed by atoms with Crippen molar-refractivity contribution < 1.29 is 18.7 Å². The fraction of sp³-hybridized carbons (Fsp3) is 0.700. The van der Waals surface area contributed by atoms with Crippen LogP contribution < -0.4 is 0 Å². The van der Waals surface area contributed by atoms with Crippen LogP contribution in [0.25, 0.3) is 0 Å². The molecule has 1 aromatic rings. The smallest absolute Gasteiger partial charge is 0.194 e. The highest BCUT2D eigenvalue weighted by atomic mass is 19.2. The van der Waals surface area contributed by atoms with Gasteiger partial charge in [-0.25, -0.2) is 13.2 Å². The van der Waals surface area contributed by atoms with Crippen molar-refractivity contribution in [3.8, 4) is 0 Å². The molecule has 0 bridgehead atoms. The van der Waals surface area contributed by atoms with Crippen molar-refractivity contribution in [2.24, 2.45) is 17.8 Å². The highest BCUT2D eigenvalue weighted by Gasteiger charge is 2.31. The third-order valence-electron chi connectivity index (χ3n) is 5.64.